The maximum Gasteiger partial charge on any atom is 0.115 e. The van der Waals surface area contributed by atoms with Crippen LogP contribution < -0.4 is 0 Å². The van der Waals surface area contributed by atoms with Crippen molar-refractivity contribution < 1.29 is 10.2 Å². The van der Waals surface area contributed by atoms with Crippen LogP contribution >= 0.6 is 0 Å². The van der Waals surface area contributed by atoms with E-state index in [1.807, 2.05) is 24.3 Å². The maximum atomic E-state index is 9.95. The minimum atomic E-state index is 0.156. The van der Waals surface area contributed by atoms with E-state index in [-0.39, 0.29) is 16.2 Å². The minimum Gasteiger partial charge on any atom is -0.508 e. The van der Waals surface area contributed by atoms with Gasteiger partial charge in [-0.3, -0.25) is 0 Å². The highest BCUT2D eigenvalue weighted by Gasteiger charge is 2.70. The molecule has 4 saturated carbocycles. The molecule has 4 aliphatic carbocycles. The Hall–Kier alpha value is -1.96. The molecule has 0 amide bonds. The summed E-state index contributed by atoms with van der Waals surface area (Å²) in [5.41, 5.74) is 4.03. The van der Waals surface area contributed by atoms with Gasteiger partial charge < -0.3 is 10.2 Å². The number of phenolic OH excluding ortho intramolecular Hbond substituents is 2. The van der Waals surface area contributed by atoms with Crippen molar-refractivity contribution in [2.75, 3.05) is 0 Å². The zero-order valence-corrected chi connectivity index (χ0v) is 19.0. The standard InChI is InChI=1S/C28H36O2/c1-5-25-14-26(20-6-10-22(29)11-7-20)17-27(15-25,21-8-12-23(30)13-9-21)19-28(16-25,18-26)24(2,3)4/h6-13,29-30H,5,14-19H2,1-4H3. The summed E-state index contributed by atoms with van der Waals surface area (Å²) in [6.45, 7) is 9.77. The van der Waals surface area contributed by atoms with Gasteiger partial charge in [-0.15, -0.1) is 0 Å². The summed E-state index contributed by atoms with van der Waals surface area (Å²) in [5, 5.41) is 19.9. The summed E-state index contributed by atoms with van der Waals surface area (Å²) in [7, 11) is 0. The second kappa shape index (κ2) is 6.05. The van der Waals surface area contributed by atoms with E-state index >= 15 is 0 Å². The van der Waals surface area contributed by atoms with Gasteiger partial charge in [-0.25, -0.2) is 0 Å². The first-order valence-corrected chi connectivity index (χ1v) is 11.6. The molecule has 2 aromatic rings. The Bertz CT molecular complexity index is 886. The molecule has 2 atom stereocenters. The van der Waals surface area contributed by atoms with Crippen LogP contribution in [0.15, 0.2) is 48.5 Å². The van der Waals surface area contributed by atoms with E-state index in [0.717, 1.165) is 0 Å². The van der Waals surface area contributed by atoms with Crippen molar-refractivity contribution in [3.8, 4) is 11.5 Å². The zero-order chi connectivity index (χ0) is 21.4. The average Bonchev–Trinajstić information content (AvgIpc) is 2.67. The molecule has 0 aromatic heterocycles. The van der Waals surface area contributed by atoms with Crippen LogP contribution in [-0.4, -0.2) is 10.2 Å². The van der Waals surface area contributed by atoms with E-state index in [0.29, 0.717) is 22.3 Å². The van der Waals surface area contributed by atoms with Gasteiger partial charge in [0.05, 0.1) is 0 Å². The van der Waals surface area contributed by atoms with Crippen LogP contribution in [0.5, 0.6) is 11.5 Å². The van der Waals surface area contributed by atoms with Crippen molar-refractivity contribution >= 4 is 0 Å². The number of phenols is 2. The van der Waals surface area contributed by atoms with Gasteiger partial charge in [0.1, 0.15) is 11.5 Å². The Labute approximate surface area is 181 Å². The van der Waals surface area contributed by atoms with Gasteiger partial charge in [0.25, 0.3) is 0 Å². The molecule has 0 saturated heterocycles. The van der Waals surface area contributed by atoms with Gasteiger partial charge in [-0.2, -0.15) is 0 Å². The molecule has 0 radical (unpaired) electrons. The first kappa shape index (κ1) is 20.0. The summed E-state index contributed by atoms with van der Waals surface area (Å²) in [6.07, 6.45) is 8.75. The molecule has 30 heavy (non-hydrogen) atoms. The average molecular weight is 405 g/mol. The SMILES string of the molecule is CCC12CC3(c4ccc(O)cc4)CC(c4ccc(O)cc4)(C1)CC(C(C)(C)C)(C2)C3. The van der Waals surface area contributed by atoms with Crippen LogP contribution in [-0.2, 0) is 10.8 Å². The van der Waals surface area contributed by atoms with E-state index < -0.39 is 0 Å². The molecular formula is C28H36O2. The molecule has 0 heterocycles. The molecule has 2 aromatic carbocycles. The van der Waals surface area contributed by atoms with Crippen LogP contribution in [0.25, 0.3) is 0 Å². The van der Waals surface area contributed by atoms with Gasteiger partial charge in [0.15, 0.2) is 0 Å². The molecule has 2 nitrogen and oxygen atoms in total. The van der Waals surface area contributed by atoms with Crippen molar-refractivity contribution in [1.29, 1.82) is 0 Å². The first-order valence-electron chi connectivity index (χ1n) is 11.6. The van der Waals surface area contributed by atoms with Crippen LogP contribution in [0.2, 0.25) is 0 Å². The molecular weight excluding hydrogens is 368 g/mol. The lowest BCUT2D eigenvalue weighted by Crippen LogP contribution is -2.66. The Balaban J connectivity index is 1.74. The fraction of sp³-hybridized carbons (Fsp3) is 0.571. The van der Waals surface area contributed by atoms with E-state index in [9.17, 15) is 10.2 Å². The van der Waals surface area contributed by atoms with E-state index in [4.69, 9.17) is 0 Å². The van der Waals surface area contributed by atoms with Crippen molar-refractivity contribution in [1.82, 2.24) is 0 Å². The minimum absolute atomic E-state index is 0.156. The molecule has 6 rings (SSSR count). The topological polar surface area (TPSA) is 40.5 Å². The Morgan fingerprint density at radius 3 is 1.47 bits per heavy atom. The van der Waals surface area contributed by atoms with E-state index in [1.54, 1.807) is 0 Å². The van der Waals surface area contributed by atoms with Crippen LogP contribution in [0, 0.1) is 16.2 Å². The van der Waals surface area contributed by atoms with Crippen molar-refractivity contribution in [3.63, 3.8) is 0 Å². The summed E-state index contributed by atoms with van der Waals surface area (Å²) in [5.74, 6) is 0.708. The normalized spacial score (nSPS) is 37.5. The predicted molar refractivity (Wildman–Crippen MR) is 122 cm³/mol. The lowest BCUT2D eigenvalue weighted by molar-refractivity contribution is -0.183. The number of hydrogen-bond donors (Lipinski definition) is 2. The quantitative estimate of drug-likeness (QED) is 0.573. The van der Waals surface area contributed by atoms with Gasteiger partial charge in [-0.1, -0.05) is 58.4 Å². The monoisotopic (exact) mass is 404 g/mol. The molecule has 2 heteroatoms. The van der Waals surface area contributed by atoms with Crippen LogP contribution in [0.4, 0.5) is 0 Å². The summed E-state index contributed by atoms with van der Waals surface area (Å²) < 4.78 is 0. The Kier molecular flexibility index (Phi) is 4.03. The highest BCUT2D eigenvalue weighted by atomic mass is 16.3. The highest BCUT2D eigenvalue weighted by Crippen LogP contribution is 2.78. The first-order chi connectivity index (χ1) is 14.1. The van der Waals surface area contributed by atoms with Gasteiger partial charge in [0, 0.05) is 0 Å². The fourth-order valence-corrected chi connectivity index (χ4v) is 8.26. The molecule has 4 aliphatic rings. The van der Waals surface area contributed by atoms with Gasteiger partial charge in [-0.05, 0) is 101 Å². The van der Waals surface area contributed by atoms with Crippen molar-refractivity contribution in [2.45, 2.75) is 83.5 Å². The van der Waals surface area contributed by atoms with Crippen LogP contribution in [0.1, 0.15) is 83.8 Å². The Morgan fingerprint density at radius 2 is 1.10 bits per heavy atom. The van der Waals surface area contributed by atoms with Crippen molar-refractivity contribution in [2.24, 2.45) is 16.2 Å². The number of aromatic hydroxyl groups is 2. The van der Waals surface area contributed by atoms with Crippen molar-refractivity contribution in [3.05, 3.63) is 59.7 Å². The smallest absolute Gasteiger partial charge is 0.115 e. The summed E-state index contributed by atoms with van der Waals surface area (Å²) in [4.78, 5) is 0. The molecule has 0 spiro atoms. The van der Waals surface area contributed by atoms with Crippen LogP contribution in [0.3, 0.4) is 0 Å². The second-order valence-electron chi connectivity index (χ2n) is 12.1. The Morgan fingerprint density at radius 1 is 0.667 bits per heavy atom. The molecule has 4 bridgehead atoms. The lowest BCUT2D eigenvalue weighted by atomic mass is 9.30. The largest absolute Gasteiger partial charge is 0.508 e. The molecule has 0 aliphatic heterocycles. The molecule has 2 unspecified atom stereocenters. The predicted octanol–water partition coefficient (Wildman–Crippen LogP) is 7.08. The van der Waals surface area contributed by atoms with Gasteiger partial charge >= 0.3 is 0 Å². The molecule has 2 N–H and O–H groups in total. The third-order valence-corrected chi connectivity index (χ3v) is 9.47. The third kappa shape index (κ3) is 2.68. The fourth-order valence-electron chi connectivity index (χ4n) is 8.26. The number of rotatable bonds is 3. The number of benzene rings is 2. The van der Waals surface area contributed by atoms with E-state index in [2.05, 4.69) is 52.0 Å². The second-order valence-corrected chi connectivity index (χ2v) is 12.1. The van der Waals surface area contributed by atoms with E-state index in [1.165, 1.54) is 56.1 Å². The zero-order valence-electron chi connectivity index (χ0n) is 19.0. The highest BCUT2D eigenvalue weighted by molar-refractivity contribution is 5.43. The lowest BCUT2D eigenvalue weighted by Gasteiger charge is -2.74. The maximum absolute atomic E-state index is 9.95. The number of hydrogen-bond acceptors (Lipinski definition) is 2. The molecule has 160 valence electrons. The summed E-state index contributed by atoms with van der Waals surface area (Å²) in [6, 6.07) is 16.3. The molecule has 4 fully saturated rings. The summed E-state index contributed by atoms with van der Waals surface area (Å²) >= 11 is 0. The third-order valence-electron chi connectivity index (χ3n) is 9.47. The van der Waals surface area contributed by atoms with Gasteiger partial charge in [0.2, 0.25) is 0 Å².